The Hall–Kier alpha value is -2.52. The molecule has 0 fully saturated rings. The van der Waals surface area contributed by atoms with Gasteiger partial charge in [-0.1, -0.05) is 18.2 Å². The molecule has 76 valence electrons. The van der Waals surface area contributed by atoms with Crippen molar-refractivity contribution < 1.29 is 4.74 Å². The van der Waals surface area contributed by atoms with E-state index in [9.17, 15) is 0 Å². The topological polar surface area (TPSA) is 56.8 Å². The predicted molar refractivity (Wildman–Crippen MR) is 59.0 cm³/mol. The van der Waals surface area contributed by atoms with Gasteiger partial charge < -0.3 is 4.74 Å². The SMILES string of the molecule is CC1=CC(=C(C#N)C#N)Oc2ccccc21. The van der Waals surface area contributed by atoms with Crippen molar-refractivity contribution in [1.29, 1.82) is 10.5 Å². The van der Waals surface area contributed by atoms with Crippen molar-refractivity contribution in [2.24, 2.45) is 0 Å². The van der Waals surface area contributed by atoms with Crippen molar-refractivity contribution in [3.63, 3.8) is 0 Å². The number of rotatable bonds is 0. The van der Waals surface area contributed by atoms with E-state index in [4.69, 9.17) is 15.3 Å². The summed E-state index contributed by atoms with van der Waals surface area (Å²) in [5.41, 5.74) is 1.97. The molecule has 0 bridgehead atoms. The van der Waals surface area contributed by atoms with Gasteiger partial charge in [0.25, 0.3) is 0 Å². The maximum Gasteiger partial charge on any atom is 0.172 e. The third-order valence-corrected chi connectivity index (χ3v) is 2.35. The summed E-state index contributed by atoms with van der Waals surface area (Å²) >= 11 is 0. The van der Waals surface area contributed by atoms with Crippen LogP contribution in [0, 0.1) is 22.7 Å². The van der Waals surface area contributed by atoms with Crippen LogP contribution in [0.15, 0.2) is 41.7 Å². The van der Waals surface area contributed by atoms with Crippen molar-refractivity contribution in [2.75, 3.05) is 0 Å². The van der Waals surface area contributed by atoms with Gasteiger partial charge in [-0.2, -0.15) is 10.5 Å². The van der Waals surface area contributed by atoms with Gasteiger partial charge in [-0.05, 0) is 24.6 Å². The van der Waals surface area contributed by atoms with E-state index in [1.54, 1.807) is 6.08 Å². The van der Waals surface area contributed by atoms with Crippen LogP contribution in [0.5, 0.6) is 5.75 Å². The molecule has 0 unspecified atom stereocenters. The van der Waals surface area contributed by atoms with Crippen LogP contribution in [0.1, 0.15) is 12.5 Å². The van der Waals surface area contributed by atoms with Crippen LogP contribution in [-0.4, -0.2) is 0 Å². The molecule has 2 rings (SSSR count). The predicted octanol–water partition coefficient (Wildman–Crippen LogP) is 2.78. The molecule has 3 heteroatoms. The maximum absolute atomic E-state index is 8.77. The summed E-state index contributed by atoms with van der Waals surface area (Å²) in [5.74, 6) is 1.00. The lowest BCUT2D eigenvalue weighted by molar-refractivity contribution is 0.436. The molecule has 1 aliphatic rings. The molecule has 0 radical (unpaired) electrons. The van der Waals surface area contributed by atoms with Gasteiger partial charge in [0.1, 0.15) is 17.9 Å². The molecule has 0 N–H and O–H groups in total. The standard InChI is InChI=1S/C13H8N2O/c1-9-6-13(10(7-14)8-15)16-12-5-3-2-4-11(9)12/h2-6H,1H3. The fourth-order valence-corrected chi connectivity index (χ4v) is 1.56. The summed E-state index contributed by atoms with van der Waals surface area (Å²) in [5, 5.41) is 17.5. The summed E-state index contributed by atoms with van der Waals surface area (Å²) in [6, 6.07) is 11.2. The Morgan fingerprint density at radius 3 is 2.56 bits per heavy atom. The summed E-state index contributed by atoms with van der Waals surface area (Å²) in [4.78, 5) is 0. The Bertz CT molecular complexity index is 567. The quantitative estimate of drug-likeness (QED) is 0.616. The minimum atomic E-state index is -0.00569. The van der Waals surface area contributed by atoms with E-state index in [-0.39, 0.29) is 5.57 Å². The molecule has 0 spiro atoms. The van der Waals surface area contributed by atoms with E-state index >= 15 is 0 Å². The van der Waals surface area contributed by atoms with E-state index in [0.717, 1.165) is 11.1 Å². The normalized spacial score (nSPS) is 12.7. The molecular formula is C13H8N2O. The number of allylic oxidation sites excluding steroid dienone is 3. The highest BCUT2D eigenvalue weighted by Crippen LogP contribution is 2.33. The van der Waals surface area contributed by atoms with Crippen molar-refractivity contribution in [2.45, 2.75) is 6.92 Å². The van der Waals surface area contributed by atoms with Gasteiger partial charge in [0.2, 0.25) is 0 Å². The molecule has 0 saturated carbocycles. The average Bonchev–Trinajstić information content (AvgIpc) is 2.31. The van der Waals surface area contributed by atoms with E-state index in [0.29, 0.717) is 11.5 Å². The number of hydrogen-bond acceptors (Lipinski definition) is 3. The molecule has 0 aliphatic carbocycles. The lowest BCUT2D eigenvalue weighted by atomic mass is 10.0. The Labute approximate surface area is 93.5 Å². The maximum atomic E-state index is 8.77. The molecule has 0 atom stereocenters. The summed E-state index contributed by atoms with van der Waals surface area (Å²) in [6.07, 6.45) is 1.71. The fraction of sp³-hybridized carbons (Fsp3) is 0.0769. The average molecular weight is 208 g/mol. The first kappa shape index (κ1) is 10.0. The van der Waals surface area contributed by atoms with Gasteiger partial charge in [0.15, 0.2) is 11.3 Å². The molecule has 1 aliphatic heterocycles. The lowest BCUT2D eigenvalue weighted by Crippen LogP contribution is -2.04. The van der Waals surface area contributed by atoms with Crippen molar-refractivity contribution in [1.82, 2.24) is 0 Å². The van der Waals surface area contributed by atoms with Crippen LogP contribution >= 0.6 is 0 Å². The number of fused-ring (bicyclic) bond motifs is 1. The number of benzene rings is 1. The number of ether oxygens (including phenoxy) is 1. The van der Waals surface area contributed by atoms with E-state index < -0.39 is 0 Å². The minimum absolute atomic E-state index is 0.00569. The van der Waals surface area contributed by atoms with Crippen LogP contribution in [0.2, 0.25) is 0 Å². The molecule has 1 heterocycles. The Morgan fingerprint density at radius 1 is 1.19 bits per heavy atom. The van der Waals surface area contributed by atoms with Crippen LogP contribution < -0.4 is 4.74 Å². The molecule has 16 heavy (non-hydrogen) atoms. The Balaban J connectivity index is 2.59. The van der Waals surface area contributed by atoms with E-state index in [1.165, 1.54) is 0 Å². The fourth-order valence-electron chi connectivity index (χ4n) is 1.56. The van der Waals surface area contributed by atoms with Gasteiger partial charge in [-0.25, -0.2) is 0 Å². The first-order chi connectivity index (χ1) is 7.76. The number of nitrogens with zero attached hydrogens (tertiary/aromatic N) is 2. The van der Waals surface area contributed by atoms with Crippen molar-refractivity contribution in [3.05, 3.63) is 47.2 Å². The zero-order valence-electron chi connectivity index (χ0n) is 8.69. The van der Waals surface area contributed by atoms with Crippen LogP contribution in [0.4, 0.5) is 0 Å². The van der Waals surface area contributed by atoms with Crippen LogP contribution in [-0.2, 0) is 0 Å². The highest BCUT2D eigenvalue weighted by molar-refractivity contribution is 5.74. The monoisotopic (exact) mass is 208 g/mol. The third kappa shape index (κ3) is 1.55. The van der Waals surface area contributed by atoms with Gasteiger partial charge in [-0.15, -0.1) is 0 Å². The minimum Gasteiger partial charge on any atom is -0.455 e. The molecule has 3 nitrogen and oxygen atoms in total. The second kappa shape index (κ2) is 3.92. The second-order valence-electron chi connectivity index (χ2n) is 3.39. The molecule has 0 aromatic heterocycles. The zero-order valence-corrected chi connectivity index (χ0v) is 8.69. The van der Waals surface area contributed by atoms with E-state index in [1.807, 2.05) is 43.3 Å². The Morgan fingerprint density at radius 2 is 1.88 bits per heavy atom. The van der Waals surface area contributed by atoms with Crippen LogP contribution in [0.3, 0.4) is 0 Å². The Kier molecular flexibility index (Phi) is 2.45. The smallest absolute Gasteiger partial charge is 0.172 e. The molecule has 0 amide bonds. The van der Waals surface area contributed by atoms with Gasteiger partial charge >= 0.3 is 0 Å². The summed E-state index contributed by atoms with van der Waals surface area (Å²) < 4.78 is 5.50. The van der Waals surface area contributed by atoms with Crippen LogP contribution in [0.25, 0.3) is 5.57 Å². The first-order valence-corrected chi connectivity index (χ1v) is 4.76. The third-order valence-electron chi connectivity index (χ3n) is 2.35. The summed E-state index contributed by atoms with van der Waals surface area (Å²) in [6.45, 7) is 1.92. The van der Waals surface area contributed by atoms with Crippen molar-refractivity contribution in [3.8, 4) is 17.9 Å². The molecule has 1 aromatic carbocycles. The second-order valence-corrected chi connectivity index (χ2v) is 3.39. The van der Waals surface area contributed by atoms with Crippen molar-refractivity contribution >= 4 is 5.57 Å². The highest BCUT2D eigenvalue weighted by atomic mass is 16.5. The summed E-state index contributed by atoms with van der Waals surface area (Å²) in [7, 11) is 0. The molecule has 1 aromatic rings. The van der Waals surface area contributed by atoms with Gasteiger partial charge in [-0.3, -0.25) is 0 Å². The largest absolute Gasteiger partial charge is 0.455 e. The first-order valence-electron chi connectivity index (χ1n) is 4.76. The van der Waals surface area contributed by atoms with Gasteiger partial charge in [0, 0.05) is 5.56 Å². The number of nitriles is 2. The zero-order chi connectivity index (χ0) is 11.5. The lowest BCUT2D eigenvalue weighted by Gasteiger charge is -2.17. The van der Waals surface area contributed by atoms with E-state index in [2.05, 4.69) is 0 Å². The van der Waals surface area contributed by atoms with Gasteiger partial charge in [0.05, 0.1) is 0 Å². The number of hydrogen-bond donors (Lipinski definition) is 0. The molecule has 0 saturated heterocycles. The number of para-hydroxylation sites is 1. The highest BCUT2D eigenvalue weighted by Gasteiger charge is 2.16. The molecular weight excluding hydrogens is 200 g/mol.